The number of ether oxygens (including phenoxy) is 1. The summed E-state index contributed by atoms with van der Waals surface area (Å²) >= 11 is 0. The maximum atomic E-state index is 13.6. The van der Waals surface area contributed by atoms with Gasteiger partial charge in [-0.2, -0.15) is 0 Å². The van der Waals surface area contributed by atoms with Gasteiger partial charge in [-0.05, 0) is 63.4 Å². The number of methoxy groups -OCH3 is 1. The van der Waals surface area contributed by atoms with Crippen LogP contribution in [0.2, 0.25) is 0 Å². The number of rotatable bonds is 10. The fourth-order valence-electron chi connectivity index (χ4n) is 3.69. The molecule has 0 radical (unpaired) electrons. The summed E-state index contributed by atoms with van der Waals surface area (Å²) in [6.45, 7) is 8.65. The maximum absolute atomic E-state index is 13.6. The van der Waals surface area contributed by atoms with E-state index in [0.29, 0.717) is 11.4 Å². The number of nitrogens with one attached hydrogen (secondary N) is 1. The van der Waals surface area contributed by atoms with Crippen LogP contribution in [0.15, 0.2) is 42.5 Å². The Morgan fingerprint density at radius 1 is 1.00 bits per heavy atom. The van der Waals surface area contributed by atoms with E-state index in [4.69, 9.17) is 4.74 Å². The zero-order valence-corrected chi connectivity index (χ0v) is 21.8. The van der Waals surface area contributed by atoms with Crippen molar-refractivity contribution in [2.75, 3.05) is 24.2 Å². The first kappa shape index (κ1) is 27.2. The summed E-state index contributed by atoms with van der Waals surface area (Å²) < 4.78 is 31.8. The zero-order chi connectivity index (χ0) is 25.6. The van der Waals surface area contributed by atoms with Crippen LogP contribution in [-0.4, -0.2) is 57.1 Å². The van der Waals surface area contributed by atoms with E-state index in [0.717, 1.165) is 27.3 Å². The summed E-state index contributed by atoms with van der Waals surface area (Å²) in [5, 5.41) is 2.83. The van der Waals surface area contributed by atoms with Gasteiger partial charge < -0.3 is 15.0 Å². The second-order valence-corrected chi connectivity index (χ2v) is 10.6. The van der Waals surface area contributed by atoms with E-state index in [9.17, 15) is 18.0 Å². The summed E-state index contributed by atoms with van der Waals surface area (Å²) in [6, 6.07) is 11.7. The lowest BCUT2D eigenvalue weighted by molar-refractivity contribution is -0.139. The highest BCUT2D eigenvalue weighted by molar-refractivity contribution is 7.92. The van der Waals surface area contributed by atoms with Crippen molar-refractivity contribution in [1.29, 1.82) is 0 Å². The fraction of sp³-hybridized carbons (Fsp3) is 0.440. The molecular formula is C25H35N3O5S. The Labute approximate surface area is 202 Å². The van der Waals surface area contributed by atoms with E-state index in [1.165, 1.54) is 4.90 Å². The molecule has 0 spiro atoms. The van der Waals surface area contributed by atoms with Gasteiger partial charge in [-0.25, -0.2) is 8.42 Å². The molecule has 2 amide bonds. The van der Waals surface area contributed by atoms with Gasteiger partial charge in [0.1, 0.15) is 18.3 Å². The molecule has 2 aromatic carbocycles. The molecule has 1 N–H and O–H groups in total. The first-order valence-corrected chi connectivity index (χ1v) is 13.0. The normalized spacial score (nSPS) is 12.2. The molecule has 0 aromatic heterocycles. The van der Waals surface area contributed by atoms with E-state index >= 15 is 0 Å². The summed E-state index contributed by atoms with van der Waals surface area (Å²) in [6.07, 6.45) is 1.08. The molecule has 0 bridgehead atoms. The molecule has 8 nitrogen and oxygen atoms in total. The third-order valence-corrected chi connectivity index (χ3v) is 6.59. The molecule has 2 aromatic rings. The number of benzene rings is 2. The standard InChI is InChI=1S/C25H35N3O5S/c1-17(2)26-25(30)20(5)27(15-21-11-13-22(33-6)14-12-21)23(29)16-28(34(7,31)32)24-18(3)9-8-10-19(24)4/h8-14,17,20H,15-16H2,1-7H3,(H,26,30)/t20-/m1/s1. The SMILES string of the molecule is COc1ccc(CN(C(=O)CN(c2c(C)cccc2C)S(C)(=O)=O)[C@H](C)C(=O)NC(C)C)cc1. The van der Waals surface area contributed by atoms with Crippen molar-refractivity contribution in [3.63, 3.8) is 0 Å². The highest BCUT2D eigenvalue weighted by Crippen LogP contribution is 2.27. The van der Waals surface area contributed by atoms with E-state index < -0.39 is 28.5 Å². The van der Waals surface area contributed by atoms with Crippen LogP contribution >= 0.6 is 0 Å². The van der Waals surface area contributed by atoms with Gasteiger partial charge in [-0.3, -0.25) is 13.9 Å². The van der Waals surface area contributed by atoms with Crippen molar-refractivity contribution in [3.05, 3.63) is 59.2 Å². The Kier molecular flexibility index (Phi) is 9.09. The first-order valence-electron chi connectivity index (χ1n) is 11.1. The van der Waals surface area contributed by atoms with E-state index in [1.54, 1.807) is 52.1 Å². The number of aryl methyl sites for hydroxylation is 2. The lowest BCUT2D eigenvalue weighted by Gasteiger charge is -2.32. The van der Waals surface area contributed by atoms with Crippen LogP contribution in [0.3, 0.4) is 0 Å². The summed E-state index contributed by atoms with van der Waals surface area (Å²) in [5.74, 6) is -0.115. The van der Waals surface area contributed by atoms with Crippen LogP contribution in [-0.2, 0) is 26.2 Å². The first-order chi connectivity index (χ1) is 15.8. The van der Waals surface area contributed by atoms with Crippen molar-refractivity contribution in [2.45, 2.75) is 53.2 Å². The van der Waals surface area contributed by atoms with Gasteiger partial charge in [0.15, 0.2) is 0 Å². The molecule has 0 fully saturated rings. The third kappa shape index (κ3) is 6.96. The zero-order valence-electron chi connectivity index (χ0n) is 21.0. The molecule has 2 rings (SSSR count). The number of hydrogen-bond acceptors (Lipinski definition) is 5. The average molecular weight is 490 g/mol. The van der Waals surface area contributed by atoms with Gasteiger partial charge in [0.05, 0.1) is 19.1 Å². The maximum Gasteiger partial charge on any atom is 0.244 e. The molecule has 0 heterocycles. The Hall–Kier alpha value is -3.07. The van der Waals surface area contributed by atoms with E-state index in [2.05, 4.69) is 5.32 Å². The molecule has 0 aliphatic carbocycles. The molecule has 0 saturated heterocycles. The monoisotopic (exact) mass is 489 g/mol. The van der Waals surface area contributed by atoms with Crippen LogP contribution in [0.5, 0.6) is 5.75 Å². The molecular weight excluding hydrogens is 454 g/mol. The number of hydrogen-bond donors (Lipinski definition) is 1. The van der Waals surface area contributed by atoms with Gasteiger partial charge >= 0.3 is 0 Å². The quantitative estimate of drug-likeness (QED) is 0.554. The minimum Gasteiger partial charge on any atom is -0.497 e. The number of nitrogens with zero attached hydrogens (tertiary/aromatic N) is 2. The van der Waals surface area contributed by atoms with Crippen molar-refractivity contribution < 1.29 is 22.7 Å². The second kappa shape index (κ2) is 11.4. The molecule has 0 saturated carbocycles. The van der Waals surface area contributed by atoms with Crippen molar-refractivity contribution in [3.8, 4) is 5.75 Å². The van der Waals surface area contributed by atoms with Crippen LogP contribution < -0.4 is 14.4 Å². The van der Waals surface area contributed by atoms with Crippen LogP contribution in [0.25, 0.3) is 0 Å². The largest absolute Gasteiger partial charge is 0.497 e. The minimum atomic E-state index is -3.77. The van der Waals surface area contributed by atoms with Crippen molar-refractivity contribution >= 4 is 27.5 Å². The Balaban J connectivity index is 2.44. The Bertz CT molecular complexity index is 1090. The van der Waals surface area contributed by atoms with E-state index in [-0.39, 0.29) is 18.5 Å². The topological polar surface area (TPSA) is 96.0 Å². The number of sulfonamides is 1. The minimum absolute atomic E-state index is 0.102. The summed E-state index contributed by atoms with van der Waals surface area (Å²) in [4.78, 5) is 27.8. The van der Waals surface area contributed by atoms with E-state index in [1.807, 2.05) is 32.0 Å². The summed E-state index contributed by atoms with van der Waals surface area (Å²) in [5.41, 5.74) is 2.74. The number of amides is 2. The van der Waals surface area contributed by atoms with Gasteiger partial charge in [-0.1, -0.05) is 30.3 Å². The second-order valence-electron chi connectivity index (χ2n) is 8.72. The molecule has 0 aliphatic heterocycles. The smallest absolute Gasteiger partial charge is 0.244 e. The molecule has 186 valence electrons. The lowest BCUT2D eigenvalue weighted by atomic mass is 10.1. The Morgan fingerprint density at radius 3 is 2.03 bits per heavy atom. The third-order valence-electron chi connectivity index (χ3n) is 5.48. The molecule has 0 unspecified atom stereocenters. The predicted octanol–water partition coefficient (Wildman–Crippen LogP) is 3.02. The van der Waals surface area contributed by atoms with Crippen LogP contribution in [0.1, 0.15) is 37.5 Å². The van der Waals surface area contributed by atoms with Crippen LogP contribution in [0, 0.1) is 13.8 Å². The van der Waals surface area contributed by atoms with Gasteiger partial charge in [0.2, 0.25) is 21.8 Å². The number of carbonyl (C=O) groups excluding carboxylic acids is 2. The number of anilines is 1. The van der Waals surface area contributed by atoms with Crippen molar-refractivity contribution in [1.82, 2.24) is 10.2 Å². The van der Waals surface area contributed by atoms with Gasteiger partial charge in [0.25, 0.3) is 0 Å². The van der Waals surface area contributed by atoms with Gasteiger partial charge in [0, 0.05) is 12.6 Å². The lowest BCUT2D eigenvalue weighted by Crippen LogP contribution is -2.52. The van der Waals surface area contributed by atoms with Gasteiger partial charge in [-0.15, -0.1) is 0 Å². The highest BCUT2D eigenvalue weighted by atomic mass is 32.2. The molecule has 1 atom stereocenters. The predicted molar refractivity (Wildman–Crippen MR) is 134 cm³/mol. The van der Waals surface area contributed by atoms with Crippen molar-refractivity contribution in [2.24, 2.45) is 0 Å². The van der Waals surface area contributed by atoms with Crippen LogP contribution in [0.4, 0.5) is 5.69 Å². The molecule has 9 heteroatoms. The molecule has 34 heavy (non-hydrogen) atoms. The Morgan fingerprint density at radius 2 is 1.56 bits per heavy atom. The molecule has 0 aliphatic rings. The highest BCUT2D eigenvalue weighted by Gasteiger charge is 2.31. The number of para-hydroxylation sites is 1. The number of carbonyl (C=O) groups is 2. The summed E-state index contributed by atoms with van der Waals surface area (Å²) in [7, 11) is -2.20. The average Bonchev–Trinajstić information content (AvgIpc) is 2.75. The fourth-order valence-corrected chi connectivity index (χ4v) is 4.65.